The van der Waals surface area contributed by atoms with Crippen LogP contribution in [0.4, 0.5) is 5.13 Å². The molecule has 0 unspecified atom stereocenters. The predicted molar refractivity (Wildman–Crippen MR) is 83.4 cm³/mol. The van der Waals surface area contributed by atoms with Crippen LogP contribution >= 0.6 is 22.7 Å². The van der Waals surface area contributed by atoms with E-state index in [0.717, 1.165) is 18.5 Å². The second-order valence-corrected chi connectivity index (χ2v) is 6.81. The molecule has 1 N–H and O–H groups in total. The van der Waals surface area contributed by atoms with Crippen LogP contribution in [0.5, 0.6) is 0 Å². The minimum Gasteiger partial charge on any atom is -0.297 e. The van der Waals surface area contributed by atoms with E-state index in [2.05, 4.69) is 15.3 Å². The molecule has 5 nitrogen and oxygen atoms in total. The van der Waals surface area contributed by atoms with Gasteiger partial charge < -0.3 is 0 Å². The van der Waals surface area contributed by atoms with E-state index >= 15 is 0 Å². The third-order valence-corrected chi connectivity index (χ3v) is 5.23. The first-order chi connectivity index (χ1) is 10.1. The topological polar surface area (TPSA) is 72.0 Å². The summed E-state index contributed by atoms with van der Waals surface area (Å²) in [5, 5.41) is 4.88. The standard InChI is InChI=1S/C14H15N3O2S2/c1-8(18)10-6-20-14(16-10)17-13(19)12-11(15-7-21-12)9-4-2-3-5-9/h6-7,9H,2-5H2,1H3,(H,16,17,19). The van der Waals surface area contributed by atoms with Crippen LogP contribution in [0.15, 0.2) is 10.9 Å². The Morgan fingerprint density at radius 2 is 2.05 bits per heavy atom. The van der Waals surface area contributed by atoms with Crippen LogP contribution in [0.25, 0.3) is 0 Å². The normalized spacial score (nSPS) is 15.3. The molecule has 110 valence electrons. The number of Topliss-reactive ketones (excluding diaryl/α,β-unsaturated/α-hetero) is 1. The summed E-state index contributed by atoms with van der Waals surface area (Å²) in [6, 6.07) is 0. The maximum Gasteiger partial charge on any atom is 0.269 e. The van der Waals surface area contributed by atoms with Crippen molar-refractivity contribution in [2.24, 2.45) is 0 Å². The van der Waals surface area contributed by atoms with Crippen LogP contribution in [-0.2, 0) is 0 Å². The highest BCUT2D eigenvalue weighted by Gasteiger charge is 2.25. The first kappa shape index (κ1) is 14.3. The van der Waals surface area contributed by atoms with E-state index in [1.807, 2.05) is 0 Å². The van der Waals surface area contributed by atoms with Crippen LogP contribution in [0, 0.1) is 0 Å². The summed E-state index contributed by atoms with van der Waals surface area (Å²) >= 11 is 2.63. The Bertz CT molecular complexity index is 671. The number of ketones is 1. The van der Waals surface area contributed by atoms with E-state index in [0.29, 0.717) is 21.6 Å². The van der Waals surface area contributed by atoms with Crippen molar-refractivity contribution in [2.45, 2.75) is 38.5 Å². The summed E-state index contributed by atoms with van der Waals surface area (Å²) in [6.07, 6.45) is 4.63. The summed E-state index contributed by atoms with van der Waals surface area (Å²) in [7, 11) is 0. The van der Waals surface area contributed by atoms with Crippen LogP contribution in [-0.4, -0.2) is 21.7 Å². The third-order valence-electron chi connectivity index (χ3n) is 3.63. The number of carbonyl (C=O) groups excluding carboxylic acids is 2. The Morgan fingerprint density at radius 3 is 2.71 bits per heavy atom. The highest BCUT2D eigenvalue weighted by molar-refractivity contribution is 7.14. The van der Waals surface area contributed by atoms with Gasteiger partial charge in [0.1, 0.15) is 10.6 Å². The van der Waals surface area contributed by atoms with Gasteiger partial charge >= 0.3 is 0 Å². The van der Waals surface area contributed by atoms with Crippen LogP contribution in [0.2, 0.25) is 0 Å². The highest BCUT2D eigenvalue weighted by Crippen LogP contribution is 2.36. The van der Waals surface area contributed by atoms with Gasteiger partial charge in [-0.1, -0.05) is 12.8 Å². The smallest absolute Gasteiger partial charge is 0.269 e. The molecule has 3 rings (SSSR count). The summed E-state index contributed by atoms with van der Waals surface area (Å²) in [5.74, 6) is 0.126. The molecule has 0 spiro atoms. The third kappa shape index (κ3) is 3.03. The van der Waals surface area contributed by atoms with Gasteiger partial charge in [-0.15, -0.1) is 22.7 Å². The van der Waals surface area contributed by atoms with Gasteiger partial charge in [0.15, 0.2) is 10.9 Å². The van der Waals surface area contributed by atoms with Crippen LogP contribution in [0.1, 0.15) is 64.4 Å². The summed E-state index contributed by atoms with van der Waals surface area (Å²) < 4.78 is 0. The Kier molecular flexibility index (Phi) is 4.12. The number of hydrogen-bond donors (Lipinski definition) is 1. The molecule has 0 aliphatic heterocycles. The lowest BCUT2D eigenvalue weighted by Gasteiger charge is -2.08. The second kappa shape index (κ2) is 6.03. The molecule has 1 amide bonds. The van der Waals surface area contributed by atoms with Crippen molar-refractivity contribution in [3.8, 4) is 0 Å². The van der Waals surface area contributed by atoms with E-state index in [4.69, 9.17) is 0 Å². The molecule has 1 saturated carbocycles. The Labute approximate surface area is 130 Å². The summed E-state index contributed by atoms with van der Waals surface area (Å²) in [4.78, 5) is 32.8. The molecule has 0 atom stereocenters. The predicted octanol–water partition coefficient (Wildman–Crippen LogP) is 3.71. The molecule has 2 heterocycles. The molecule has 2 aromatic rings. The van der Waals surface area contributed by atoms with Gasteiger partial charge in [0.25, 0.3) is 5.91 Å². The maximum absolute atomic E-state index is 12.4. The second-order valence-electron chi connectivity index (χ2n) is 5.10. The van der Waals surface area contributed by atoms with Crippen molar-refractivity contribution in [3.63, 3.8) is 0 Å². The minimum absolute atomic E-state index is 0.101. The minimum atomic E-state index is -0.177. The van der Waals surface area contributed by atoms with Crippen molar-refractivity contribution in [1.29, 1.82) is 0 Å². The van der Waals surface area contributed by atoms with E-state index in [-0.39, 0.29) is 11.7 Å². The lowest BCUT2D eigenvalue weighted by molar-refractivity contribution is 0.100. The summed E-state index contributed by atoms with van der Waals surface area (Å²) in [5.41, 5.74) is 3.03. The number of aromatic nitrogens is 2. The fourth-order valence-corrected chi connectivity index (χ4v) is 4.08. The van der Waals surface area contributed by atoms with Gasteiger partial charge in [-0.05, 0) is 12.8 Å². The molecule has 1 aliphatic carbocycles. The van der Waals surface area contributed by atoms with Crippen LogP contribution in [0.3, 0.4) is 0 Å². The van der Waals surface area contributed by atoms with Gasteiger partial charge in [0.05, 0.1) is 11.2 Å². The van der Waals surface area contributed by atoms with E-state index < -0.39 is 0 Å². The van der Waals surface area contributed by atoms with Crippen molar-refractivity contribution >= 4 is 39.5 Å². The number of anilines is 1. The van der Waals surface area contributed by atoms with Crippen LogP contribution < -0.4 is 5.32 Å². The highest BCUT2D eigenvalue weighted by atomic mass is 32.1. The first-order valence-electron chi connectivity index (χ1n) is 6.86. The van der Waals surface area contributed by atoms with Gasteiger partial charge in [-0.3, -0.25) is 14.9 Å². The monoisotopic (exact) mass is 321 g/mol. The number of nitrogens with one attached hydrogen (secondary N) is 1. The number of nitrogens with zero attached hydrogens (tertiary/aromatic N) is 2. The van der Waals surface area contributed by atoms with Crippen molar-refractivity contribution in [1.82, 2.24) is 9.97 Å². The number of rotatable bonds is 4. The largest absolute Gasteiger partial charge is 0.297 e. The van der Waals surface area contributed by atoms with E-state index in [1.165, 1.54) is 42.4 Å². The zero-order valence-corrected chi connectivity index (χ0v) is 13.2. The molecule has 0 saturated heterocycles. The molecule has 0 radical (unpaired) electrons. The average Bonchev–Trinajstić information content (AvgIpc) is 3.19. The zero-order chi connectivity index (χ0) is 14.8. The maximum atomic E-state index is 12.4. The van der Waals surface area contributed by atoms with Gasteiger partial charge in [0, 0.05) is 18.2 Å². The molecule has 1 aliphatic rings. The van der Waals surface area contributed by atoms with Crippen molar-refractivity contribution in [3.05, 3.63) is 27.2 Å². The molecule has 1 fully saturated rings. The van der Waals surface area contributed by atoms with Gasteiger partial charge in [-0.2, -0.15) is 0 Å². The van der Waals surface area contributed by atoms with Gasteiger partial charge in [-0.25, -0.2) is 9.97 Å². The van der Waals surface area contributed by atoms with E-state index in [9.17, 15) is 9.59 Å². The zero-order valence-electron chi connectivity index (χ0n) is 11.6. The lowest BCUT2D eigenvalue weighted by atomic mass is 10.0. The quantitative estimate of drug-likeness (QED) is 0.871. The first-order valence-corrected chi connectivity index (χ1v) is 8.62. The molecular weight excluding hydrogens is 306 g/mol. The molecule has 21 heavy (non-hydrogen) atoms. The SMILES string of the molecule is CC(=O)c1csc(NC(=O)c2scnc2C2CCCC2)n1. The lowest BCUT2D eigenvalue weighted by Crippen LogP contribution is -2.13. The molecular formula is C14H15N3O2S2. The molecule has 2 aromatic heterocycles. The molecule has 7 heteroatoms. The Morgan fingerprint density at radius 1 is 1.29 bits per heavy atom. The number of carbonyl (C=O) groups is 2. The Hall–Kier alpha value is -1.60. The number of amides is 1. The van der Waals surface area contributed by atoms with Gasteiger partial charge in [0.2, 0.25) is 0 Å². The Balaban J connectivity index is 1.76. The average molecular weight is 321 g/mol. The molecule has 0 aromatic carbocycles. The number of thiazole rings is 2. The molecule has 0 bridgehead atoms. The number of hydrogen-bond acceptors (Lipinski definition) is 6. The van der Waals surface area contributed by atoms with Crippen molar-refractivity contribution < 1.29 is 9.59 Å². The fourth-order valence-electron chi connectivity index (χ4n) is 2.56. The fraction of sp³-hybridized carbons (Fsp3) is 0.429. The summed E-state index contributed by atoms with van der Waals surface area (Å²) in [6.45, 7) is 1.46. The van der Waals surface area contributed by atoms with Crippen molar-refractivity contribution in [2.75, 3.05) is 5.32 Å². The van der Waals surface area contributed by atoms with E-state index in [1.54, 1.807) is 10.9 Å².